The molecule has 1 saturated carbocycles. The highest BCUT2D eigenvalue weighted by Crippen LogP contribution is 2.39. The third kappa shape index (κ3) is 2.01. The summed E-state index contributed by atoms with van der Waals surface area (Å²) in [5.41, 5.74) is 7.79. The molecule has 0 atom stereocenters. The molecule has 0 bridgehead atoms. The van der Waals surface area contributed by atoms with Crippen molar-refractivity contribution in [2.45, 2.75) is 31.1 Å². The van der Waals surface area contributed by atoms with E-state index in [1.54, 1.807) is 12.1 Å². The molecule has 1 aromatic carbocycles. The van der Waals surface area contributed by atoms with Gasteiger partial charge in [-0.25, -0.2) is 0 Å². The Morgan fingerprint density at radius 1 is 1.12 bits per heavy atom. The Kier molecular flexibility index (Phi) is 3.33. The third-order valence-corrected chi connectivity index (χ3v) is 3.77. The van der Waals surface area contributed by atoms with Crippen LogP contribution in [0.25, 0.3) is 0 Å². The van der Waals surface area contributed by atoms with Crippen LogP contribution >= 0.6 is 0 Å². The number of benzene rings is 1. The molecule has 4 N–H and O–H groups in total. The lowest BCUT2D eigenvalue weighted by Crippen LogP contribution is -2.34. The SMILES string of the molecule is NCC1(c2ccc(B(O)O)cc2)CCCC1. The van der Waals surface area contributed by atoms with E-state index in [4.69, 9.17) is 15.8 Å². The van der Waals surface area contributed by atoms with Crippen LogP contribution in [0.1, 0.15) is 31.2 Å². The van der Waals surface area contributed by atoms with Gasteiger partial charge in [0.15, 0.2) is 0 Å². The minimum absolute atomic E-state index is 0.124. The van der Waals surface area contributed by atoms with E-state index < -0.39 is 7.12 Å². The molecule has 1 aliphatic rings. The summed E-state index contributed by atoms with van der Waals surface area (Å²) in [5.74, 6) is 0. The summed E-state index contributed by atoms with van der Waals surface area (Å²) < 4.78 is 0. The Bertz CT molecular complexity index is 345. The second-order valence-electron chi connectivity index (χ2n) is 4.69. The molecule has 0 radical (unpaired) electrons. The van der Waals surface area contributed by atoms with Crippen LogP contribution in [0.5, 0.6) is 0 Å². The minimum atomic E-state index is -1.38. The summed E-state index contributed by atoms with van der Waals surface area (Å²) in [6.45, 7) is 0.675. The first-order valence-corrected chi connectivity index (χ1v) is 5.85. The molecule has 1 fully saturated rings. The summed E-state index contributed by atoms with van der Waals surface area (Å²) in [6, 6.07) is 7.51. The maximum absolute atomic E-state index is 9.03. The lowest BCUT2D eigenvalue weighted by Gasteiger charge is -2.28. The van der Waals surface area contributed by atoms with Gasteiger partial charge < -0.3 is 15.8 Å². The van der Waals surface area contributed by atoms with Crippen LogP contribution in [-0.4, -0.2) is 23.7 Å². The Balaban J connectivity index is 2.26. The fraction of sp³-hybridized carbons (Fsp3) is 0.500. The molecule has 0 aliphatic heterocycles. The standard InChI is InChI=1S/C12H18BNO2/c14-9-12(7-1-2-8-12)10-3-5-11(6-4-10)13(15)16/h3-6,15-16H,1-2,7-9,14H2. The molecule has 16 heavy (non-hydrogen) atoms. The van der Waals surface area contributed by atoms with E-state index in [0.29, 0.717) is 12.0 Å². The van der Waals surface area contributed by atoms with Crippen LogP contribution in [0.2, 0.25) is 0 Å². The van der Waals surface area contributed by atoms with Gasteiger partial charge in [-0.2, -0.15) is 0 Å². The molecular formula is C12H18BNO2. The van der Waals surface area contributed by atoms with E-state index in [1.807, 2.05) is 12.1 Å². The first-order valence-electron chi connectivity index (χ1n) is 5.85. The van der Waals surface area contributed by atoms with Crippen molar-refractivity contribution in [3.63, 3.8) is 0 Å². The predicted molar refractivity (Wildman–Crippen MR) is 65.5 cm³/mol. The minimum Gasteiger partial charge on any atom is -0.423 e. The van der Waals surface area contributed by atoms with E-state index in [1.165, 1.54) is 18.4 Å². The molecule has 0 unspecified atom stereocenters. The molecule has 0 aromatic heterocycles. The highest BCUT2D eigenvalue weighted by Gasteiger charge is 2.34. The van der Waals surface area contributed by atoms with Crippen LogP contribution < -0.4 is 11.2 Å². The normalized spacial score (nSPS) is 18.7. The Labute approximate surface area is 96.4 Å². The highest BCUT2D eigenvalue weighted by molar-refractivity contribution is 6.58. The van der Waals surface area contributed by atoms with Crippen LogP contribution in [0.3, 0.4) is 0 Å². The maximum atomic E-state index is 9.03. The average Bonchev–Trinajstić information content (AvgIpc) is 2.79. The van der Waals surface area contributed by atoms with Crippen LogP contribution in [0, 0.1) is 0 Å². The second kappa shape index (κ2) is 4.57. The zero-order valence-electron chi connectivity index (χ0n) is 9.39. The number of hydrogen-bond acceptors (Lipinski definition) is 3. The molecule has 0 heterocycles. The van der Waals surface area contributed by atoms with Gasteiger partial charge in [0.25, 0.3) is 0 Å². The van der Waals surface area contributed by atoms with Gasteiger partial charge in [-0.05, 0) is 23.9 Å². The molecule has 1 aliphatic carbocycles. The molecule has 4 heteroatoms. The molecule has 1 aromatic rings. The molecule has 3 nitrogen and oxygen atoms in total. The fourth-order valence-electron chi connectivity index (χ4n) is 2.67. The predicted octanol–water partition coefficient (Wildman–Crippen LogP) is 0.137. The van der Waals surface area contributed by atoms with E-state index in [2.05, 4.69) is 0 Å². The van der Waals surface area contributed by atoms with Crippen molar-refractivity contribution in [1.29, 1.82) is 0 Å². The monoisotopic (exact) mass is 219 g/mol. The first-order chi connectivity index (χ1) is 7.68. The van der Waals surface area contributed by atoms with Gasteiger partial charge in [-0.15, -0.1) is 0 Å². The summed E-state index contributed by atoms with van der Waals surface area (Å²) in [5, 5.41) is 18.1. The zero-order chi connectivity index (χ0) is 11.6. The summed E-state index contributed by atoms with van der Waals surface area (Å²) >= 11 is 0. The van der Waals surface area contributed by atoms with Crippen molar-refractivity contribution in [3.8, 4) is 0 Å². The third-order valence-electron chi connectivity index (χ3n) is 3.77. The smallest absolute Gasteiger partial charge is 0.423 e. The van der Waals surface area contributed by atoms with Gasteiger partial charge in [0, 0.05) is 12.0 Å². The van der Waals surface area contributed by atoms with Crippen molar-refractivity contribution in [3.05, 3.63) is 29.8 Å². The van der Waals surface area contributed by atoms with Crippen molar-refractivity contribution in [2.75, 3.05) is 6.54 Å². The van der Waals surface area contributed by atoms with E-state index in [9.17, 15) is 0 Å². The fourth-order valence-corrected chi connectivity index (χ4v) is 2.67. The Morgan fingerprint density at radius 2 is 1.69 bits per heavy atom. The Morgan fingerprint density at radius 3 is 2.12 bits per heavy atom. The van der Waals surface area contributed by atoms with Gasteiger partial charge in [0.2, 0.25) is 0 Å². The zero-order valence-corrected chi connectivity index (χ0v) is 9.39. The van der Waals surface area contributed by atoms with Crippen LogP contribution in [-0.2, 0) is 5.41 Å². The second-order valence-corrected chi connectivity index (χ2v) is 4.69. The number of rotatable bonds is 3. The average molecular weight is 219 g/mol. The lowest BCUT2D eigenvalue weighted by atomic mass is 9.75. The van der Waals surface area contributed by atoms with Crippen LogP contribution in [0.15, 0.2) is 24.3 Å². The Hall–Kier alpha value is -0.835. The van der Waals surface area contributed by atoms with Crippen molar-refractivity contribution >= 4 is 12.6 Å². The quantitative estimate of drug-likeness (QED) is 0.633. The topological polar surface area (TPSA) is 66.5 Å². The molecular weight excluding hydrogens is 201 g/mol. The summed E-state index contributed by atoms with van der Waals surface area (Å²) in [6.07, 6.45) is 4.76. The van der Waals surface area contributed by atoms with Crippen molar-refractivity contribution in [2.24, 2.45) is 5.73 Å². The molecule has 86 valence electrons. The molecule has 0 amide bonds. The van der Waals surface area contributed by atoms with E-state index in [0.717, 1.165) is 12.8 Å². The van der Waals surface area contributed by atoms with Gasteiger partial charge >= 0.3 is 7.12 Å². The van der Waals surface area contributed by atoms with Crippen molar-refractivity contribution in [1.82, 2.24) is 0 Å². The van der Waals surface area contributed by atoms with Gasteiger partial charge in [-0.1, -0.05) is 37.1 Å². The largest absolute Gasteiger partial charge is 0.488 e. The molecule has 0 spiro atoms. The lowest BCUT2D eigenvalue weighted by molar-refractivity contribution is 0.425. The van der Waals surface area contributed by atoms with Gasteiger partial charge in [0.05, 0.1) is 0 Å². The van der Waals surface area contributed by atoms with Crippen LogP contribution in [0.4, 0.5) is 0 Å². The first kappa shape index (κ1) is 11.6. The van der Waals surface area contributed by atoms with Gasteiger partial charge in [-0.3, -0.25) is 0 Å². The van der Waals surface area contributed by atoms with E-state index in [-0.39, 0.29) is 5.41 Å². The summed E-state index contributed by atoms with van der Waals surface area (Å²) in [4.78, 5) is 0. The number of nitrogens with two attached hydrogens (primary N) is 1. The van der Waals surface area contributed by atoms with E-state index >= 15 is 0 Å². The highest BCUT2D eigenvalue weighted by atomic mass is 16.4. The summed E-state index contributed by atoms with van der Waals surface area (Å²) in [7, 11) is -1.38. The number of hydrogen-bond donors (Lipinski definition) is 3. The van der Waals surface area contributed by atoms with Gasteiger partial charge in [0.1, 0.15) is 0 Å². The maximum Gasteiger partial charge on any atom is 0.488 e. The van der Waals surface area contributed by atoms with Crippen molar-refractivity contribution < 1.29 is 10.0 Å². The molecule has 2 rings (SSSR count). The molecule has 0 saturated heterocycles.